The molecule has 8 heteroatoms. The summed E-state index contributed by atoms with van der Waals surface area (Å²) in [5.74, 6) is 0. The Morgan fingerprint density at radius 2 is 1.69 bits per heavy atom. The second-order valence-electron chi connectivity index (χ2n) is 2.79. The number of rotatable bonds is 3. The molecule has 0 amide bonds. The molecule has 0 aliphatic carbocycles. The first-order valence-electron chi connectivity index (χ1n) is 3.92. The maximum atomic E-state index is 11.9. The number of hydrogen-bond acceptors (Lipinski definition) is 3. The first-order chi connectivity index (χ1) is 7.22. The van der Waals surface area contributed by atoms with Crippen molar-refractivity contribution in [2.45, 2.75) is 12.1 Å². The fourth-order valence-corrected chi connectivity index (χ4v) is 1.48. The average Bonchev–Trinajstić information content (AvgIpc) is 2.15. The molecule has 90 valence electrons. The quantitative estimate of drug-likeness (QED) is 0.636. The lowest BCUT2D eigenvalue weighted by Crippen LogP contribution is -2.25. The monoisotopic (exact) mass is 318 g/mol. The zero-order valence-corrected chi connectivity index (χ0v) is 10.1. The predicted octanol–water partition coefficient (Wildman–Crippen LogP) is 2.82. The van der Waals surface area contributed by atoms with Crippen LogP contribution in [0.1, 0.15) is 5.56 Å². The van der Waals surface area contributed by atoms with E-state index in [0.717, 1.165) is 4.47 Å². The lowest BCUT2D eigenvalue weighted by Gasteiger charge is -2.08. The Balaban J connectivity index is 2.69. The summed E-state index contributed by atoms with van der Waals surface area (Å²) in [5.41, 5.74) is -5.06. The van der Waals surface area contributed by atoms with Gasteiger partial charge in [0.25, 0.3) is 0 Å². The van der Waals surface area contributed by atoms with Crippen molar-refractivity contribution in [3.63, 3.8) is 0 Å². The normalized spacial score (nSPS) is 12.8. The van der Waals surface area contributed by atoms with Gasteiger partial charge in [-0.3, -0.25) is 4.18 Å². The van der Waals surface area contributed by atoms with E-state index < -0.39 is 22.2 Å². The van der Waals surface area contributed by atoms with Gasteiger partial charge in [-0.25, -0.2) is 0 Å². The maximum absolute atomic E-state index is 11.9. The fourth-order valence-electron chi connectivity index (χ4n) is 0.793. The van der Waals surface area contributed by atoms with Crippen LogP contribution in [0.2, 0.25) is 0 Å². The summed E-state index contributed by atoms with van der Waals surface area (Å²) >= 11 is 3.13. The van der Waals surface area contributed by atoms with E-state index in [1.165, 1.54) is 12.1 Å². The van der Waals surface area contributed by atoms with E-state index in [1.807, 2.05) is 0 Å². The minimum absolute atomic E-state index is 0.330. The van der Waals surface area contributed by atoms with Crippen LogP contribution < -0.4 is 0 Å². The molecule has 1 aromatic rings. The standard InChI is InChI=1S/C8H6BrF3O3S/c9-7-3-1-6(2-4-7)5-15-16(13,14)8(10,11)12/h1-4H,5H2. The van der Waals surface area contributed by atoms with Crippen molar-refractivity contribution in [3.8, 4) is 0 Å². The third-order valence-electron chi connectivity index (χ3n) is 1.58. The summed E-state index contributed by atoms with van der Waals surface area (Å²) in [6.45, 7) is -0.644. The van der Waals surface area contributed by atoms with E-state index in [2.05, 4.69) is 20.1 Å². The van der Waals surface area contributed by atoms with Gasteiger partial charge in [-0.05, 0) is 17.7 Å². The van der Waals surface area contributed by atoms with Crippen molar-refractivity contribution < 1.29 is 25.8 Å². The van der Waals surface area contributed by atoms with Gasteiger partial charge in [-0.2, -0.15) is 21.6 Å². The van der Waals surface area contributed by atoms with Gasteiger partial charge in [-0.1, -0.05) is 28.1 Å². The zero-order chi connectivity index (χ0) is 12.4. The van der Waals surface area contributed by atoms with Crippen LogP contribution in [0, 0.1) is 0 Å². The number of alkyl halides is 3. The van der Waals surface area contributed by atoms with Gasteiger partial charge in [0.15, 0.2) is 0 Å². The van der Waals surface area contributed by atoms with E-state index in [0.29, 0.717) is 5.56 Å². The molecule has 0 aliphatic rings. The van der Waals surface area contributed by atoms with Crippen LogP contribution in [-0.4, -0.2) is 13.9 Å². The molecule has 0 N–H and O–H groups in total. The summed E-state index contributed by atoms with van der Waals surface area (Å²) in [7, 11) is -5.52. The van der Waals surface area contributed by atoms with E-state index in [-0.39, 0.29) is 0 Å². The van der Waals surface area contributed by atoms with Gasteiger partial charge in [0, 0.05) is 4.47 Å². The van der Waals surface area contributed by atoms with Crippen LogP contribution in [-0.2, 0) is 20.9 Å². The topological polar surface area (TPSA) is 43.4 Å². The van der Waals surface area contributed by atoms with Crippen LogP contribution in [0.3, 0.4) is 0 Å². The molecule has 0 heterocycles. The van der Waals surface area contributed by atoms with Crippen LogP contribution in [0.25, 0.3) is 0 Å². The molecule has 0 saturated heterocycles. The number of benzene rings is 1. The Labute approximate surface area is 98.5 Å². The minimum atomic E-state index is -5.52. The molecule has 0 aromatic heterocycles. The van der Waals surface area contributed by atoms with Crippen molar-refractivity contribution >= 4 is 26.0 Å². The fraction of sp³-hybridized carbons (Fsp3) is 0.250. The van der Waals surface area contributed by atoms with Crippen LogP contribution in [0.4, 0.5) is 13.2 Å². The van der Waals surface area contributed by atoms with E-state index in [4.69, 9.17) is 0 Å². The summed E-state index contributed by atoms with van der Waals surface area (Å²) in [6, 6.07) is 6.05. The van der Waals surface area contributed by atoms with Crippen LogP contribution in [0.5, 0.6) is 0 Å². The molecule has 0 aliphatic heterocycles. The number of hydrogen-bond donors (Lipinski definition) is 0. The summed E-state index contributed by atoms with van der Waals surface area (Å²) in [5, 5.41) is 0. The third-order valence-corrected chi connectivity index (χ3v) is 3.10. The molecule has 0 unspecified atom stereocenters. The third kappa shape index (κ3) is 3.46. The first-order valence-corrected chi connectivity index (χ1v) is 6.12. The van der Waals surface area contributed by atoms with Gasteiger partial charge in [0.1, 0.15) is 0 Å². The van der Waals surface area contributed by atoms with Crippen molar-refractivity contribution in [2.24, 2.45) is 0 Å². The predicted molar refractivity (Wildman–Crippen MR) is 53.9 cm³/mol. The maximum Gasteiger partial charge on any atom is 0.523 e. The second kappa shape index (κ2) is 4.72. The molecule has 0 saturated carbocycles. The Bertz CT molecular complexity index is 452. The molecule has 0 spiro atoms. The first kappa shape index (κ1) is 13.5. The van der Waals surface area contributed by atoms with Crippen molar-refractivity contribution in [2.75, 3.05) is 0 Å². The Morgan fingerprint density at radius 1 is 1.19 bits per heavy atom. The Kier molecular flexibility index (Phi) is 3.97. The molecule has 0 bridgehead atoms. The molecular weight excluding hydrogens is 313 g/mol. The van der Waals surface area contributed by atoms with Crippen molar-refractivity contribution in [1.29, 1.82) is 0 Å². The molecule has 0 atom stereocenters. The highest BCUT2D eigenvalue weighted by Crippen LogP contribution is 2.25. The molecular formula is C8H6BrF3O3S. The minimum Gasteiger partial charge on any atom is -0.258 e. The van der Waals surface area contributed by atoms with Gasteiger partial charge in [-0.15, -0.1) is 0 Å². The summed E-state index contributed by atoms with van der Waals surface area (Å²) in [4.78, 5) is 0. The summed E-state index contributed by atoms with van der Waals surface area (Å²) < 4.78 is 61.3. The van der Waals surface area contributed by atoms with E-state index in [9.17, 15) is 21.6 Å². The smallest absolute Gasteiger partial charge is 0.258 e. The van der Waals surface area contributed by atoms with Crippen LogP contribution >= 0.6 is 15.9 Å². The molecule has 3 nitrogen and oxygen atoms in total. The highest BCUT2D eigenvalue weighted by atomic mass is 79.9. The Morgan fingerprint density at radius 3 is 2.12 bits per heavy atom. The van der Waals surface area contributed by atoms with Crippen LogP contribution in [0.15, 0.2) is 28.7 Å². The van der Waals surface area contributed by atoms with Crippen molar-refractivity contribution in [3.05, 3.63) is 34.3 Å². The summed E-state index contributed by atoms with van der Waals surface area (Å²) in [6.07, 6.45) is 0. The molecule has 0 radical (unpaired) electrons. The number of halogens is 4. The highest BCUT2D eigenvalue weighted by Gasteiger charge is 2.47. The van der Waals surface area contributed by atoms with Gasteiger partial charge in [0.2, 0.25) is 0 Å². The average molecular weight is 319 g/mol. The second-order valence-corrected chi connectivity index (χ2v) is 5.31. The van der Waals surface area contributed by atoms with Gasteiger partial charge in [0.05, 0.1) is 6.61 Å². The zero-order valence-electron chi connectivity index (χ0n) is 7.66. The van der Waals surface area contributed by atoms with Gasteiger partial charge < -0.3 is 0 Å². The Hall–Kier alpha value is -0.600. The molecule has 1 rings (SSSR count). The molecule has 1 aromatic carbocycles. The SMILES string of the molecule is O=S(=O)(OCc1ccc(Br)cc1)C(F)(F)F. The van der Waals surface area contributed by atoms with E-state index in [1.54, 1.807) is 12.1 Å². The lowest BCUT2D eigenvalue weighted by atomic mass is 10.2. The lowest BCUT2D eigenvalue weighted by molar-refractivity contribution is -0.0547. The largest absolute Gasteiger partial charge is 0.523 e. The van der Waals surface area contributed by atoms with Crippen molar-refractivity contribution in [1.82, 2.24) is 0 Å². The van der Waals surface area contributed by atoms with E-state index >= 15 is 0 Å². The highest BCUT2D eigenvalue weighted by molar-refractivity contribution is 9.10. The van der Waals surface area contributed by atoms with Gasteiger partial charge >= 0.3 is 15.6 Å². The molecule has 16 heavy (non-hydrogen) atoms. The molecule has 0 fully saturated rings.